The van der Waals surface area contributed by atoms with Crippen LogP contribution in [0.5, 0.6) is 0 Å². The topological polar surface area (TPSA) is 95.1 Å². The average molecular weight is 441 g/mol. The number of methoxy groups -OCH3 is 1. The molecule has 9 heteroatoms. The predicted octanol–water partition coefficient (Wildman–Crippen LogP) is -0.457. The third kappa shape index (κ3) is 8.35. The minimum absolute atomic E-state index is 0. The van der Waals surface area contributed by atoms with Crippen LogP contribution in [0.2, 0.25) is 0 Å². The molecule has 1 heterocycles. The van der Waals surface area contributed by atoms with Gasteiger partial charge in [0.1, 0.15) is 0 Å². The minimum Gasteiger partial charge on any atom is -0.383 e. The number of carbonyl (C=O) groups is 2. The van der Waals surface area contributed by atoms with Crippen molar-refractivity contribution in [3.63, 3.8) is 0 Å². The summed E-state index contributed by atoms with van der Waals surface area (Å²) < 4.78 is 4.86. The fourth-order valence-electron chi connectivity index (χ4n) is 2.24. The Labute approximate surface area is 154 Å². The molecule has 0 aromatic heterocycles. The van der Waals surface area contributed by atoms with Gasteiger partial charge in [0, 0.05) is 46.3 Å². The van der Waals surface area contributed by atoms with E-state index in [4.69, 9.17) is 4.74 Å². The summed E-state index contributed by atoms with van der Waals surface area (Å²) in [5.41, 5.74) is 0. The molecule has 23 heavy (non-hydrogen) atoms. The van der Waals surface area contributed by atoms with Crippen LogP contribution in [-0.2, 0) is 14.3 Å². The van der Waals surface area contributed by atoms with Crippen molar-refractivity contribution in [2.75, 3.05) is 46.9 Å². The monoisotopic (exact) mass is 441 g/mol. The summed E-state index contributed by atoms with van der Waals surface area (Å²) in [5, 5.41) is 8.93. The molecule has 0 saturated carbocycles. The zero-order valence-corrected chi connectivity index (χ0v) is 16.4. The maximum absolute atomic E-state index is 11.6. The quantitative estimate of drug-likeness (QED) is 0.215. The van der Waals surface area contributed by atoms with Crippen molar-refractivity contribution in [3.8, 4) is 0 Å². The van der Waals surface area contributed by atoms with Gasteiger partial charge in [-0.3, -0.25) is 14.6 Å². The van der Waals surface area contributed by atoms with Crippen molar-refractivity contribution in [3.05, 3.63) is 0 Å². The largest absolute Gasteiger partial charge is 0.383 e. The van der Waals surface area contributed by atoms with Gasteiger partial charge in [-0.25, -0.2) is 0 Å². The average Bonchev–Trinajstić information content (AvgIpc) is 2.99. The number of guanidine groups is 1. The second-order valence-corrected chi connectivity index (χ2v) is 5.09. The number of amides is 2. The molecule has 3 N–H and O–H groups in total. The normalized spacial score (nSPS) is 17.4. The lowest BCUT2D eigenvalue weighted by atomic mass is 10.3. The van der Waals surface area contributed by atoms with Crippen LogP contribution in [0.4, 0.5) is 0 Å². The van der Waals surface area contributed by atoms with Crippen molar-refractivity contribution in [2.24, 2.45) is 4.99 Å². The van der Waals surface area contributed by atoms with Gasteiger partial charge in [-0.05, 0) is 6.42 Å². The number of likely N-dealkylation sites (tertiary alicyclic amines) is 1. The Morgan fingerprint density at radius 1 is 1.35 bits per heavy atom. The summed E-state index contributed by atoms with van der Waals surface area (Å²) in [7, 11) is 3.24. The van der Waals surface area contributed by atoms with E-state index in [9.17, 15) is 9.59 Å². The summed E-state index contributed by atoms with van der Waals surface area (Å²) in [6.45, 7) is 4.42. The molecule has 0 radical (unpaired) electrons. The van der Waals surface area contributed by atoms with E-state index < -0.39 is 0 Å². The lowest BCUT2D eigenvalue weighted by Crippen LogP contribution is -2.48. The molecule has 1 aliphatic heterocycles. The summed E-state index contributed by atoms with van der Waals surface area (Å²) in [6.07, 6.45) is 1.41. The van der Waals surface area contributed by atoms with Crippen LogP contribution in [0.1, 0.15) is 19.8 Å². The number of hydrogen-bond acceptors (Lipinski definition) is 4. The highest BCUT2D eigenvalue weighted by Crippen LogP contribution is 2.10. The Balaban J connectivity index is 0.00000484. The van der Waals surface area contributed by atoms with Gasteiger partial charge >= 0.3 is 0 Å². The van der Waals surface area contributed by atoms with Crippen molar-refractivity contribution in [1.82, 2.24) is 20.9 Å². The number of aliphatic imine (C=N–C) groups is 1. The molecule has 0 aromatic carbocycles. The van der Waals surface area contributed by atoms with Gasteiger partial charge in [0.05, 0.1) is 13.2 Å². The van der Waals surface area contributed by atoms with E-state index in [0.717, 1.165) is 13.0 Å². The van der Waals surface area contributed by atoms with Gasteiger partial charge in [-0.2, -0.15) is 0 Å². The van der Waals surface area contributed by atoms with E-state index >= 15 is 0 Å². The van der Waals surface area contributed by atoms with Crippen molar-refractivity contribution >= 4 is 41.8 Å². The second kappa shape index (κ2) is 12.3. The summed E-state index contributed by atoms with van der Waals surface area (Å²) in [4.78, 5) is 29.2. The summed E-state index contributed by atoms with van der Waals surface area (Å²) in [6, 6.07) is 0.165. The molecule has 1 aliphatic rings. The van der Waals surface area contributed by atoms with Gasteiger partial charge in [0.15, 0.2) is 5.96 Å². The fourth-order valence-corrected chi connectivity index (χ4v) is 2.24. The van der Waals surface area contributed by atoms with Crippen LogP contribution in [0, 0.1) is 0 Å². The van der Waals surface area contributed by atoms with Gasteiger partial charge in [-0.15, -0.1) is 24.0 Å². The van der Waals surface area contributed by atoms with E-state index in [0.29, 0.717) is 32.1 Å². The van der Waals surface area contributed by atoms with Crippen LogP contribution < -0.4 is 16.0 Å². The molecule has 8 nitrogen and oxygen atoms in total. The van der Waals surface area contributed by atoms with Crippen LogP contribution in [-0.4, -0.2) is 75.7 Å². The number of nitrogens with one attached hydrogen (secondary N) is 3. The first-order chi connectivity index (χ1) is 10.6. The SMILES string of the molecule is CCC(=O)N1CCC(NC(=NC)NCC(=O)NCCOC)C1.I. The molecule has 0 aliphatic carbocycles. The van der Waals surface area contributed by atoms with Crippen molar-refractivity contribution in [1.29, 1.82) is 0 Å². The molecule has 1 unspecified atom stereocenters. The Bertz CT molecular complexity index is 406. The molecule has 2 amide bonds. The molecule has 134 valence electrons. The molecule has 1 saturated heterocycles. The van der Waals surface area contributed by atoms with Gasteiger partial charge < -0.3 is 25.6 Å². The van der Waals surface area contributed by atoms with Crippen LogP contribution >= 0.6 is 24.0 Å². The molecule has 1 atom stereocenters. The first-order valence-corrected chi connectivity index (χ1v) is 7.61. The number of rotatable bonds is 7. The highest BCUT2D eigenvalue weighted by Gasteiger charge is 2.25. The van der Waals surface area contributed by atoms with Crippen molar-refractivity contribution in [2.45, 2.75) is 25.8 Å². The van der Waals surface area contributed by atoms with E-state index in [1.807, 2.05) is 11.8 Å². The Hall–Kier alpha value is -1.10. The second-order valence-electron chi connectivity index (χ2n) is 5.09. The van der Waals surface area contributed by atoms with Crippen LogP contribution in [0.15, 0.2) is 4.99 Å². The van der Waals surface area contributed by atoms with Gasteiger partial charge in [0.25, 0.3) is 0 Å². The molecular weight excluding hydrogens is 413 g/mol. The number of hydrogen-bond donors (Lipinski definition) is 3. The minimum atomic E-state index is -0.116. The van der Waals surface area contributed by atoms with E-state index in [-0.39, 0.29) is 48.4 Å². The van der Waals surface area contributed by atoms with E-state index in [2.05, 4.69) is 20.9 Å². The maximum Gasteiger partial charge on any atom is 0.239 e. The van der Waals surface area contributed by atoms with Gasteiger partial charge in [0.2, 0.25) is 11.8 Å². The first-order valence-electron chi connectivity index (χ1n) is 7.61. The number of ether oxygens (including phenoxy) is 1. The van der Waals surface area contributed by atoms with Crippen molar-refractivity contribution < 1.29 is 14.3 Å². The molecule has 1 fully saturated rings. The first kappa shape index (κ1) is 21.9. The van der Waals surface area contributed by atoms with Crippen LogP contribution in [0.3, 0.4) is 0 Å². The number of halogens is 1. The molecule has 0 bridgehead atoms. The molecule has 0 aromatic rings. The summed E-state index contributed by atoms with van der Waals surface area (Å²) in [5.74, 6) is 0.622. The standard InChI is InChI=1S/C14H27N5O3.HI/c1-4-13(21)19-7-5-11(10-19)18-14(15-2)17-9-12(20)16-6-8-22-3;/h11H,4-10H2,1-3H3,(H,16,20)(H2,15,17,18);1H. The fraction of sp³-hybridized carbons (Fsp3) is 0.786. The highest BCUT2D eigenvalue weighted by molar-refractivity contribution is 14.0. The summed E-state index contributed by atoms with van der Waals surface area (Å²) >= 11 is 0. The third-order valence-corrected chi connectivity index (χ3v) is 3.45. The number of nitrogens with zero attached hydrogens (tertiary/aromatic N) is 2. The van der Waals surface area contributed by atoms with E-state index in [1.165, 1.54) is 0 Å². The Morgan fingerprint density at radius 3 is 2.70 bits per heavy atom. The molecular formula is C14H28IN5O3. The third-order valence-electron chi connectivity index (χ3n) is 3.45. The maximum atomic E-state index is 11.6. The zero-order chi connectivity index (χ0) is 16.4. The smallest absolute Gasteiger partial charge is 0.239 e. The Kier molecular flexibility index (Phi) is 11.7. The lowest BCUT2D eigenvalue weighted by Gasteiger charge is -2.18. The predicted molar refractivity (Wildman–Crippen MR) is 100 cm³/mol. The van der Waals surface area contributed by atoms with Gasteiger partial charge in [-0.1, -0.05) is 6.92 Å². The lowest BCUT2D eigenvalue weighted by molar-refractivity contribution is -0.129. The molecule has 1 rings (SSSR count). The van der Waals surface area contributed by atoms with Crippen LogP contribution in [0.25, 0.3) is 0 Å². The van der Waals surface area contributed by atoms with E-state index in [1.54, 1.807) is 14.2 Å². The highest BCUT2D eigenvalue weighted by atomic mass is 127. The zero-order valence-electron chi connectivity index (χ0n) is 14.1. The molecule has 0 spiro atoms. The number of carbonyl (C=O) groups excluding carboxylic acids is 2. The Morgan fingerprint density at radius 2 is 2.09 bits per heavy atom.